The summed E-state index contributed by atoms with van der Waals surface area (Å²) in [6, 6.07) is 6.36. The first-order valence-corrected chi connectivity index (χ1v) is 7.72. The molecule has 1 aliphatic heterocycles. The largest absolute Gasteiger partial charge is 0.496 e. The van der Waals surface area contributed by atoms with Gasteiger partial charge in [0.2, 0.25) is 0 Å². The van der Waals surface area contributed by atoms with Crippen molar-refractivity contribution < 1.29 is 14.2 Å². The average molecular weight is 293 g/mol. The summed E-state index contributed by atoms with van der Waals surface area (Å²) in [6.45, 7) is 5.54. The van der Waals surface area contributed by atoms with Crippen LogP contribution in [0.2, 0.25) is 0 Å². The summed E-state index contributed by atoms with van der Waals surface area (Å²) in [5.41, 5.74) is 2.42. The van der Waals surface area contributed by atoms with E-state index >= 15 is 0 Å². The zero-order valence-electron chi connectivity index (χ0n) is 13.4. The highest BCUT2D eigenvalue weighted by atomic mass is 16.5. The SMILES string of the molecule is COCCNCC1CCCOC1c1ccc(OC)c(C)c1. The molecule has 2 rings (SSSR count). The van der Waals surface area contributed by atoms with E-state index in [1.807, 2.05) is 6.07 Å². The van der Waals surface area contributed by atoms with Crippen LogP contribution in [0.1, 0.15) is 30.1 Å². The van der Waals surface area contributed by atoms with Gasteiger partial charge >= 0.3 is 0 Å². The molecule has 1 saturated heterocycles. The smallest absolute Gasteiger partial charge is 0.121 e. The fourth-order valence-electron chi connectivity index (χ4n) is 2.96. The minimum absolute atomic E-state index is 0.179. The zero-order valence-corrected chi connectivity index (χ0v) is 13.4. The van der Waals surface area contributed by atoms with Crippen molar-refractivity contribution in [2.45, 2.75) is 25.9 Å². The van der Waals surface area contributed by atoms with E-state index in [0.29, 0.717) is 5.92 Å². The minimum atomic E-state index is 0.179. The van der Waals surface area contributed by atoms with Crippen LogP contribution in [-0.2, 0) is 9.47 Å². The Morgan fingerprint density at radius 2 is 2.19 bits per heavy atom. The number of hydrogen-bond donors (Lipinski definition) is 1. The number of nitrogens with one attached hydrogen (secondary N) is 1. The van der Waals surface area contributed by atoms with Crippen LogP contribution in [0.5, 0.6) is 5.75 Å². The summed E-state index contributed by atoms with van der Waals surface area (Å²) in [5, 5.41) is 3.46. The van der Waals surface area contributed by atoms with Crippen molar-refractivity contribution in [3.63, 3.8) is 0 Å². The molecule has 4 nitrogen and oxygen atoms in total. The lowest BCUT2D eigenvalue weighted by molar-refractivity contribution is -0.0280. The number of benzene rings is 1. The molecule has 2 atom stereocenters. The molecule has 0 bridgehead atoms. The predicted molar refractivity (Wildman–Crippen MR) is 83.9 cm³/mol. The van der Waals surface area contributed by atoms with Crippen molar-refractivity contribution in [3.05, 3.63) is 29.3 Å². The molecule has 1 heterocycles. The summed E-state index contributed by atoms with van der Waals surface area (Å²) in [5.74, 6) is 1.45. The second-order valence-electron chi connectivity index (χ2n) is 5.62. The molecule has 0 aliphatic carbocycles. The highest BCUT2D eigenvalue weighted by molar-refractivity contribution is 5.37. The fourth-order valence-corrected chi connectivity index (χ4v) is 2.96. The summed E-state index contributed by atoms with van der Waals surface area (Å²) in [4.78, 5) is 0. The molecule has 1 fully saturated rings. The Balaban J connectivity index is 2.02. The summed E-state index contributed by atoms with van der Waals surface area (Å²) >= 11 is 0. The van der Waals surface area contributed by atoms with Gasteiger partial charge in [0.1, 0.15) is 5.75 Å². The monoisotopic (exact) mass is 293 g/mol. The third kappa shape index (κ3) is 4.43. The molecule has 4 heteroatoms. The Morgan fingerprint density at radius 1 is 1.33 bits per heavy atom. The molecule has 2 unspecified atom stereocenters. The van der Waals surface area contributed by atoms with Gasteiger partial charge in [0.25, 0.3) is 0 Å². The van der Waals surface area contributed by atoms with Gasteiger partial charge in [-0.2, -0.15) is 0 Å². The van der Waals surface area contributed by atoms with Crippen molar-refractivity contribution in [1.29, 1.82) is 0 Å². The van der Waals surface area contributed by atoms with E-state index < -0.39 is 0 Å². The molecular weight excluding hydrogens is 266 g/mol. The number of hydrogen-bond acceptors (Lipinski definition) is 4. The van der Waals surface area contributed by atoms with Gasteiger partial charge in [-0.05, 0) is 43.0 Å². The van der Waals surface area contributed by atoms with E-state index in [2.05, 4.69) is 24.4 Å². The van der Waals surface area contributed by atoms with Crippen LogP contribution in [0.25, 0.3) is 0 Å². The van der Waals surface area contributed by atoms with Gasteiger partial charge in [-0.3, -0.25) is 0 Å². The van der Waals surface area contributed by atoms with Crippen molar-refractivity contribution in [1.82, 2.24) is 5.32 Å². The van der Waals surface area contributed by atoms with Crippen LogP contribution >= 0.6 is 0 Å². The molecule has 0 spiro atoms. The number of rotatable bonds is 7. The van der Waals surface area contributed by atoms with Gasteiger partial charge in [0, 0.05) is 32.7 Å². The molecule has 0 radical (unpaired) electrons. The average Bonchev–Trinajstić information content (AvgIpc) is 2.52. The second kappa shape index (κ2) is 8.37. The van der Waals surface area contributed by atoms with E-state index in [1.54, 1.807) is 14.2 Å². The molecule has 1 N–H and O–H groups in total. The topological polar surface area (TPSA) is 39.7 Å². The Hall–Kier alpha value is -1.10. The summed E-state index contributed by atoms with van der Waals surface area (Å²) in [6.07, 6.45) is 2.52. The first kappa shape index (κ1) is 16.3. The number of methoxy groups -OCH3 is 2. The molecule has 118 valence electrons. The molecule has 21 heavy (non-hydrogen) atoms. The van der Waals surface area contributed by atoms with Gasteiger partial charge in [0.15, 0.2) is 0 Å². The Bertz CT molecular complexity index is 436. The van der Waals surface area contributed by atoms with Crippen LogP contribution in [-0.4, -0.2) is 40.5 Å². The van der Waals surface area contributed by atoms with E-state index in [1.165, 1.54) is 12.0 Å². The normalized spacial score (nSPS) is 22.2. The van der Waals surface area contributed by atoms with E-state index in [0.717, 1.165) is 44.0 Å². The third-order valence-corrected chi connectivity index (χ3v) is 4.08. The number of aryl methyl sites for hydroxylation is 1. The number of ether oxygens (including phenoxy) is 3. The minimum Gasteiger partial charge on any atom is -0.496 e. The molecule has 0 amide bonds. The van der Waals surface area contributed by atoms with Crippen LogP contribution in [0.15, 0.2) is 18.2 Å². The first-order valence-electron chi connectivity index (χ1n) is 7.72. The summed E-state index contributed by atoms with van der Waals surface area (Å²) < 4.78 is 16.5. The van der Waals surface area contributed by atoms with E-state index in [9.17, 15) is 0 Å². The zero-order chi connectivity index (χ0) is 15.1. The predicted octanol–water partition coefficient (Wildman–Crippen LogP) is 2.71. The maximum atomic E-state index is 6.05. The van der Waals surface area contributed by atoms with Crippen molar-refractivity contribution in [3.8, 4) is 5.75 Å². The van der Waals surface area contributed by atoms with Crippen molar-refractivity contribution in [2.75, 3.05) is 40.5 Å². The molecule has 1 aromatic carbocycles. The van der Waals surface area contributed by atoms with Gasteiger partial charge in [0.05, 0.1) is 19.8 Å². The summed E-state index contributed by atoms with van der Waals surface area (Å²) in [7, 11) is 3.44. The Kier molecular flexibility index (Phi) is 6.49. The van der Waals surface area contributed by atoms with Gasteiger partial charge in [-0.1, -0.05) is 6.07 Å². The highest BCUT2D eigenvalue weighted by Crippen LogP contribution is 2.35. The Morgan fingerprint density at radius 3 is 2.90 bits per heavy atom. The fraction of sp³-hybridized carbons (Fsp3) is 0.647. The van der Waals surface area contributed by atoms with Crippen LogP contribution in [0.3, 0.4) is 0 Å². The van der Waals surface area contributed by atoms with Crippen LogP contribution in [0.4, 0.5) is 0 Å². The van der Waals surface area contributed by atoms with Gasteiger partial charge in [-0.25, -0.2) is 0 Å². The lowest BCUT2D eigenvalue weighted by atomic mass is 9.88. The molecule has 1 aromatic rings. The van der Waals surface area contributed by atoms with Gasteiger partial charge < -0.3 is 19.5 Å². The third-order valence-electron chi connectivity index (χ3n) is 4.08. The maximum Gasteiger partial charge on any atom is 0.121 e. The quantitative estimate of drug-likeness (QED) is 0.785. The molecule has 1 aliphatic rings. The molecule has 0 aromatic heterocycles. The van der Waals surface area contributed by atoms with E-state index in [-0.39, 0.29) is 6.10 Å². The lowest BCUT2D eigenvalue weighted by Crippen LogP contribution is -2.33. The van der Waals surface area contributed by atoms with Crippen LogP contribution < -0.4 is 10.1 Å². The standard InChI is InChI=1S/C17H27NO3/c1-13-11-14(6-7-16(13)20-3)17-15(5-4-9-21-17)12-18-8-10-19-2/h6-7,11,15,17-18H,4-5,8-10,12H2,1-3H3. The van der Waals surface area contributed by atoms with Crippen LogP contribution in [0, 0.1) is 12.8 Å². The molecular formula is C17H27NO3. The van der Waals surface area contributed by atoms with Crippen molar-refractivity contribution in [2.24, 2.45) is 5.92 Å². The molecule has 0 saturated carbocycles. The lowest BCUT2D eigenvalue weighted by Gasteiger charge is -2.32. The van der Waals surface area contributed by atoms with Gasteiger partial charge in [-0.15, -0.1) is 0 Å². The maximum absolute atomic E-state index is 6.05. The first-order chi connectivity index (χ1) is 10.3. The van der Waals surface area contributed by atoms with E-state index in [4.69, 9.17) is 14.2 Å². The van der Waals surface area contributed by atoms with Crippen molar-refractivity contribution >= 4 is 0 Å². The highest BCUT2D eigenvalue weighted by Gasteiger charge is 2.27. The second-order valence-corrected chi connectivity index (χ2v) is 5.62. The Labute approximate surface area is 127 Å².